The number of nitrogens with one attached hydrogen (secondary N) is 1. The minimum absolute atomic E-state index is 0.781. The Morgan fingerprint density at radius 3 is 2.33 bits per heavy atom. The summed E-state index contributed by atoms with van der Waals surface area (Å²) in [5.74, 6) is 0. The molecule has 0 atom stereocenters. The Bertz CT molecular complexity index is 451. The van der Waals surface area contributed by atoms with Gasteiger partial charge < -0.3 is 11.1 Å². The van der Waals surface area contributed by atoms with Gasteiger partial charge in [-0.05, 0) is 65.1 Å². The van der Waals surface area contributed by atoms with E-state index in [1.165, 1.54) is 3.57 Å². The number of hydrogen-bond donors (Lipinski definition) is 2. The van der Waals surface area contributed by atoms with Crippen molar-refractivity contribution in [2.24, 2.45) is 0 Å². The number of anilines is 3. The molecule has 3 heteroatoms. The van der Waals surface area contributed by atoms with Gasteiger partial charge in [0.1, 0.15) is 0 Å². The molecule has 0 spiro atoms. The molecule has 0 amide bonds. The zero-order chi connectivity index (χ0) is 10.7. The molecule has 0 bridgehead atoms. The summed E-state index contributed by atoms with van der Waals surface area (Å²) >= 11 is 2.29. The quantitative estimate of drug-likeness (QED) is 0.657. The standard InChI is InChI=1S/C12H11IN2/c13-9-2-1-3-12(8-9)15-11-6-4-10(14)5-7-11/h1-8,15H,14H2. The van der Waals surface area contributed by atoms with Crippen molar-refractivity contribution >= 4 is 39.7 Å². The molecule has 2 aromatic carbocycles. The van der Waals surface area contributed by atoms with Gasteiger partial charge in [0.15, 0.2) is 0 Å². The van der Waals surface area contributed by atoms with Crippen LogP contribution in [0.2, 0.25) is 0 Å². The van der Waals surface area contributed by atoms with Crippen LogP contribution in [-0.2, 0) is 0 Å². The molecule has 0 saturated heterocycles. The lowest BCUT2D eigenvalue weighted by Crippen LogP contribution is -1.91. The van der Waals surface area contributed by atoms with Gasteiger partial charge in [-0.15, -0.1) is 0 Å². The van der Waals surface area contributed by atoms with Gasteiger partial charge in [-0.25, -0.2) is 0 Å². The van der Waals surface area contributed by atoms with Gasteiger partial charge in [-0.3, -0.25) is 0 Å². The summed E-state index contributed by atoms with van der Waals surface area (Å²) in [5.41, 5.74) is 8.53. The molecular weight excluding hydrogens is 299 g/mol. The van der Waals surface area contributed by atoms with Crippen LogP contribution in [0.1, 0.15) is 0 Å². The second kappa shape index (κ2) is 4.53. The highest BCUT2D eigenvalue weighted by molar-refractivity contribution is 14.1. The summed E-state index contributed by atoms with van der Waals surface area (Å²) in [6.07, 6.45) is 0. The summed E-state index contributed by atoms with van der Waals surface area (Å²) in [4.78, 5) is 0. The van der Waals surface area contributed by atoms with Crippen LogP contribution >= 0.6 is 22.6 Å². The predicted octanol–water partition coefficient (Wildman–Crippen LogP) is 3.62. The molecule has 0 aliphatic rings. The van der Waals surface area contributed by atoms with E-state index in [1.54, 1.807) is 0 Å². The van der Waals surface area contributed by atoms with E-state index in [2.05, 4.69) is 40.0 Å². The summed E-state index contributed by atoms with van der Waals surface area (Å²) < 4.78 is 1.22. The molecule has 0 radical (unpaired) electrons. The fourth-order valence-electron chi connectivity index (χ4n) is 1.30. The first-order valence-electron chi connectivity index (χ1n) is 4.62. The van der Waals surface area contributed by atoms with Crippen LogP contribution in [0.25, 0.3) is 0 Å². The largest absolute Gasteiger partial charge is 0.399 e. The topological polar surface area (TPSA) is 38.0 Å². The molecule has 15 heavy (non-hydrogen) atoms. The Kier molecular flexibility index (Phi) is 3.11. The van der Waals surface area contributed by atoms with E-state index in [-0.39, 0.29) is 0 Å². The monoisotopic (exact) mass is 310 g/mol. The zero-order valence-electron chi connectivity index (χ0n) is 8.07. The van der Waals surface area contributed by atoms with Gasteiger partial charge >= 0.3 is 0 Å². The smallest absolute Gasteiger partial charge is 0.0394 e. The lowest BCUT2D eigenvalue weighted by atomic mass is 10.2. The summed E-state index contributed by atoms with van der Waals surface area (Å²) in [6, 6.07) is 15.9. The van der Waals surface area contributed by atoms with Crippen molar-refractivity contribution in [3.05, 3.63) is 52.1 Å². The summed E-state index contributed by atoms with van der Waals surface area (Å²) in [5, 5.41) is 3.31. The summed E-state index contributed by atoms with van der Waals surface area (Å²) in [7, 11) is 0. The molecule has 0 unspecified atom stereocenters. The fraction of sp³-hybridized carbons (Fsp3) is 0. The second-order valence-corrected chi connectivity index (χ2v) is 4.50. The van der Waals surface area contributed by atoms with E-state index >= 15 is 0 Å². The SMILES string of the molecule is Nc1ccc(Nc2cccc(I)c2)cc1. The maximum absolute atomic E-state index is 5.62. The number of nitrogen functional groups attached to an aromatic ring is 1. The van der Waals surface area contributed by atoms with Crippen molar-refractivity contribution in [2.45, 2.75) is 0 Å². The van der Waals surface area contributed by atoms with E-state index < -0.39 is 0 Å². The van der Waals surface area contributed by atoms with Crippen molar-refractivity contribution in [3.63, 3.8) is 0 Å². The molecule has 2 aromatic rings. The number of nitrogens with two attached hydrogens (primary N) is 1. The van der Waals surface area contributed by atoms with E-state index in [9.17, 15) is 0 Å². The Balaban J connectivity index is 2.18. The molecule has 0 heterocycles. The van der Waals surface area contributed by atoms with Crippen LogP contribution in [0.15, 0.2) is 48.5 Å². The number of hydrogen-bond acceptors (Lipinski definition) is 2. The third kappa shape index (κ3) is 2.86. The average Bonchev–Trinajstić information content (AvgIpc) is 2.22. The molecule has 0 aromatic heterocycles. The zero-order valence-corrected chi connectivity index (χ0v) is 10.2. The van der Waals surface area contributed by atoms with Crippen LogP contribution in [0, 0.1) is 3.57 Å². The number of benzene rings is 2. The molecule has 0 fully saturated rings. The van der Waals surface area contributed by atoms with Crippen LogP contribution in [0.3, 0.4) is 0 Å². The normalized spacial score (nSPS) is 9.93. The van der Waals surface area contributed by atoms with E-state index in [1.807, 2.05) is 36.4 Å². The molecule has 2 rings (SSSR count). The highest BCUT2D eigenvalue weighted by Crippen LogP contribution is 2.19. The van der Waals surface area contributed by atoms with E-state index in [0.29, 0.717) is 0 Å². The Morgan fingerprint density at radius 2 is 1.67 bits per heavy atom. The Morgan fingerprint density at radius 1 is 0.933 bits per heavy atom. The van der Waals surface area contributed by atoms with E-state index in [4.69, 9.17) is 5.73 Å². The molecule has 0 aliphatic heterocycles. The molecule has 0 saturated carbocycles. The maximum Gasteiger partial charge on any atom is 0.0394 e. The van der Waals surface area contributed by atoms with Gasteiger partial charge in [0.05, 0.1) is 0 Å². The molecule has 3 N–H and O–H groups in total. The molecule has 76 valence electrons. The third-order valence-electron chi connectivity index (χ3n) is 2.02. The van der Waals surface area contributed by atoms with Crippen molar-refractivity contribution in [1.82, 2.24) is 0 Å². The minimum atomic E-state index is 0.781. The summed E-state index contributed by atoms with van der Waals surface area (Å²) in [6.45, 7) is 0. The first-order chi connectivity index (χ1) is 7.24. The van der Waals surface area contributed by atoms with E-state index in [0.717, 1.165) is 17.1 Å². The van der Waals surface area contributed by atoms with Crippen LogP contribution in [0.5, 0.6) is 0 Å². The second-order valence-electron chi connectivity index (χ2n) is 3.26. The third-order valence-corrected chi connectivity index (χ3v) is 2.69. The predicted molar refractivity (Wildman–Crippen MR) is 73.3 cm³/mol. The van der Waals surface area contributed by atoms with Crippen molar-refractivity contribution in [3.8, 4) is 0 Å². The van der Waals surface area contributed by atoms with Crippen molar-refractivity contribution in [1.29, 1.82) is 0 Å². The Labute approximate surface area is 103 Å². The number of rotatable bonds is 2. The average molecular weight is 310 g/mol. The highest BCUT2D eigenvalue weighted by atomic mass is 127. The van der Waals surface area contributed by atoms with Crippen LogP contribution < -0.4 is 11.1 Å². The first-order valence-corrected chi connectivity index (χ1v) is 5.70. The van der Waals surface area contributed by atoms with Gasteiger partial charge in [0.2, 0.25) is 0 Å². The van der Waals surface area contributed by atoms with Gasteiger partial charge in [0.25, 0.3) is 0 Å². The lowest BCUT2D eigenvalue weighted by Gasteiger charge is -2.06. The minimum Gasteiger partial charge on any atom is -0.399 e. The molecule has 0 aliphatic carbocycles. The van der Waals surface area contributed by atoms with Gasteiger partial charge in [0, 0.05) is 20.6 Å². The molecule has 2 nitrogen and oxygen atoms in total. The fourth-order valence-corrected chi connectivity index (χ4v) is 1.84. The maximum atomic E-state index is 5.62. The van der Waals surface area contributed by atoms with Crippen LogP contribution in [-0.4, -0.2) is 0 Å². The van der Waals surface area contributed by atoms with Gasteiger partial charge in [-0.2, -0.15) is 0 Å². The van der Waals surface area contributed by atoms with Crippen LogP contribution in [0.4, 0.5) is 17.1 Å². The first kappa shape index (κ1) is 10.3. The Hall–Kier alpha value is -1.23. The van der Waals surface area contributed by atoms with Crippen molar-refractivity contribution < 1.29 is 0 Å². The van der Waals surface area contributed by atoms with Crippen molar-refractivity contribution in [2.75, 3.05) is 11.1 Å². The van der Waals surface area contributed by atoms with Gasteiger partial charge in [-0.1, -0.05) is 6.07 Å². The number of halogens is 1. The highest BCUT2D eigenvalue weighted by Gasteiger charge is 1.94. The lowest BCUT2D eigenvalue weighted by molar-refractivity contribution is 1.53. The molecular formula is C12H11IN2.